The molecule has 170 valence electrons. The number of amides is 1. The van der Waals surface area contributed by atoms with Crippen molar-refractivity contribution < 1.29 is 9.53 Å². The zero-order valence-corrected chi connectivity index (χ0v) is 20.7. The second kappa shape index (κ2) is 10.6. The van der Waals surface area contributed by atoms with Crippen LogP contribution in [0.3, 0.4) is 0 Å². The van der Waals surface area contributed by atoms with Crippen molar-refractivity contribution in [3.05, 3.63) is 51.7 Å². The lowest BCUT2D eigenvalue weighted by Gasteiger charge is -2.31. The third-order valence-corrected chi connectivity index (χ3v) is 7.24. The quantitative estimate of drug-likeness (QED) is 0.520. The predicted molar refractivity (Wildman–Crippen MR) is 130 cm³/mol. The summed E-state index contributed by atoms with van der Waals surface area (Å²) in [5, 5.41) is 2.18. The monoisotopic (exact) mass is 442 g/mol. The van der Waals surface area contributed by atoms with Crippen LogP contribution in [0.15, 0.2) is 35.7 Å². The Bertz CT molecular complexity index is 861. The summed E-state index contributed by atoms with van der Waals surface area (Å²) in [7, 11) is 1.75. The molecule has 1 aliphatic heterocycles. The number of methoxy groups -OCH3 is 1. The van der Waals surface area contributed by atoms with E-state index in [1.807, 2.05) is 31.3 Å². The molecule has 1 saturated heterocycles. The Hall–Kier alpha value is -1.85. The maximum atomic E-state index is 13.0. The molecule has 1 amide bonds. The molecule has 0 N–H and O–H groups in total. The normalized spacial score (nSPS) is 19.4. The maximum absolute atomic E-state index is 13.0. The number of rotatable bonds is 9. The van der Waals surface area contributed by atoms with E-state index in [-0.39, 0.29) is 11.8 Å². The van der Waals surface area contributed by atoms with Gasteiger partial charge in [0.15, 0.2) is 0 Å². The van der Waals surface area contributed by atoms with Gasteiger partial charge >= 0.3 is 0 Å². The molecule has 2 atom stereocenters. The number of hydrogen-bond acceptors (Lipinski definition) is 4. The largest absolute Gasteiger partial charge is 0.496 e. The molecule has 4 nitrogen and oxygen atoms in total. The number of carbonyl (C=O) groups is 1. The van der Waals surface area contributed by atoms with Crippen LogP contribution in [0.2, 0.25) is 0 Å². The van der Waals surface area contributed by atoms with Crippen LogP contribution in [0.4, 0.5) is 0 Å². The zero-order chi connectivity index (χ0) is 22.5. The van der Waals surface area contributed by atoms with Crippen LogP contribution < -0.4 is 4.74 Å². The number of thiophene rings is 1. The van der Waals surface area contributed by atoms with Crippen LogP contribution in [-0.4, -0.2) is 49.0 Å². The number of benzene rings is 1. The highest BCUT2D eigenvalue weighted by molar-refractivity contribution is 7.10. The fourth-order valence-electron chi connectivity index (χ4n) is 4.71. The molecule has 2 unspecified atom stereocenters. The third-order valence-electron chi connectivity index (χ3n) is 6.24. The van der Waals surface area contributed by atoms with Gasteiger partial charge in [0.2, 0.25) is 5.91 Å². The summed E-state index contributed by atoms with van der Waals surface area (Å²) < 4.78 is 5.72. The minimum atomic E-state index is 0.0229. The van der Waals surface area contributed by atoms with Crippen LogP contribution in [0.5, 0.6) is 5.75 Å². The Morgan fingerprint density at radius 3 is 2.55 bits per heavy atom. The number of hydrogen-bond donors (Lipinski definition) is 0. The number of aryl methyl sites for hydroxylation is 1. The molecule has 0 aliphatic carbocycles. The lowest BCUT2D eigenvalue weighted by Crippen LogP contribution is -2.41. The number of para-hydroxylation sites is 1. The molecule has 0 saturated carbocycles. The van der Waals surface area contributed by atoms with E-state index < -0.39 is 0 Å². The van der Waals surface area contributed by atoms with E-state index in [2.05, 4.69) is 60.2 Å². The van der Waals surface area contributed by atoms with Gasteiger partial charge in [-0.25, -0.2) is 0 Å². The molecule has 2 aromatic rings. The smallest absolute Gasteiger partial charge is 0.225 e. The van der Waals surface area contributed by atoms with Crippen molar-refractivity contribution in [3.8, 4) is 5.75 Å². The van der Waals surface area contributed by atoms with Crippen molar-refractivity contribution in [1.29, 1.82) is 0 Å². The summed E-state index contributed by atoms with van der Waals surface area (Å²) in [6, 6.07) is 10.6. The van der Waals surface area contributed by atoms with Gasteiger partial charge in [-0.15, -0.1) is 11.3 Å². The molecule has 0 bridgehead atoms. The highest BCUT2D eigenvalue weighted by Crippen LogP contribution is 2.39. The number of ether oxygens (including phenoxy) is 1. The summed E-state index contributed by atoms with van der Waals surface area (Å²) in [6.45, 7) is 15.2. The molecule has 5 heteroatoms. The van der Waals surface area contributed by atoms with Crippen molar-refractivity contribution in [2.45, 2.75) is 47.1 Å². The Balaban J connectivity index is 1.87. The van der Waals surface area contributed by atoms with Gasteiger partial charge in [0.05, 0.1) is 7.11 Å². The number of likely N-dealkylation sites (tertiary alicyclic amines) is 1. The molecule has 1 aromatic carbocycles. The van der Waals surface area contributed by atoms with E-state index in [1.165, 1.54) is 16.0 Å². The van der Waals surface area contributed by atoms with E-state index in [0.29, 0.717) is 17.8 Å². The molecule has 0 radical (unpaired) electrons. The molecule has 31 heavy (non-hydrogen) atoms. The summed E-state index contributed by atoms with van der Waals surface area (Å²) in [5.41, 5.74) is 2.64. The summed E-state index contributed by atoms with van der Waals surface area (Å²) in [5.74, 6) is 2.44. The van der Waals surface area contributed by atoms with Crippen molar-refractivity contribution in [1.82, 2.24) is 9.80 Å². The average Bonchev–Trinajstić information content (AvgIpc) is 3.32. The highest BCUT2D eigenvalue weighted by atomic mass is 32.1. The van der Waals surface area contributed by atoms with Gasteiger partial charge in [-0.2, -0.15) is 0 Å². The number of nitrogens with zero attached hydrogens (tertiary/aromatic N) is 2. The lowest BCUT2D eigenvalue weighted by atomic mass is 9.87. The Morgan fingerprint density at radius 1 is 1.19 bits per heavy atom. The van der Waals surface area contributed by atoms with E-state index in [1.54, 1.807) is 7.11 Å². The fraction of sp³-hybridized carbons (Fsp3) is 0.577. The summed E-state index contributed by atoms with van der Waals surface area (Å²) >= 11 is 1.84. The molecule has 2 heterocycles. The fourth-order valence-corrected chi connectivity index (χ4v) is 5.66. The Labute approximate surface area is 192 Å². The molecule has 3 rings (SSSR count). The van der Waals surface area contributed by atoms with E-state index >= 15 is 0 Å². The standard InChI is InChI=1S/C26H38N2O2S/c1-18(2)13-28(26(29)19(3)4)15-21-14-27(17-25-20(5)11-12-31-25)16-23(21)22-9-7-8-10-24(22)30-6/h7-12,18-19,21,23H,13-17H2,1-6H3. The first-order valence-electron chi connectivity index (χ1n) is 11.5. The average molecular weight is 443 g/mol. The van der Waals surface area contributed by atoms with Crippen molar-refractivity contribution in [2.24, 2.45) is 17.8 Å². The van der Waals surface area contributed by atoms with Crippen LogP contribution in [0.25, 0.3) is 0 Å². The summed E-state index contributed by atoms with van der Waals surface area (Å²) in [6.07, 6.45) is 0. The molecule has 1 aliphatic rings. The van der Waals surface area contributed by atoms with E-state index in [4.69, 9.17) is 4.74 Å². The zero-order valence-electron chi connectivity index (χ0n) is 19.9. The molecular weight excluding hydrogens is 404 g/mol. The highest BCUT2D eigenvalue weighted by Gasteiger charge is 2.37. The van der Waals surface area contributed by atoms with E-state index in [0.717, 1.165) is 38.5 Å². The predicted octanol–water partition coefficient (Wildman–Crippen LogP) is 5.42. The van der Waals surface area contributed by atoms with Crippen molar-refractivity contribution in [3.63, 3.8) is 0 Å². The van der Waals surface area contributed by atoms with Crippen LogP contribution in [0.1, 0.15) is 49.6 Å². The van der Waals surface area contributed by atoms with Crippen molar-refractivity contribution >= 4 is 17.2 Å². The Kier molecular flexibility index (Phi) is 8.17. The minimum absolute atomic E-state index is 0.0229. The van der Waals surface area contributed by atoms with Crippen LogP contribution >= 0.6 is 11.3 Å². The first-order chi connectivity index (χ1) is 14.8. The van der Waals surface area contributed by atoms with Gasteiger partial charge in [0.25, 0.3) is 0 Å². The lowest BCUT2D eigenvalue weighted by molar-refractivity contribution is -0.135. The van der Waals surface area contributed by atoms with Gasteiger partial charge in [-0.1, -0.05) is 45.9 Å². The first kappa shape index (κ1) is 23.8. The summed E-state index contributed by atoms with van der Waals surface area (Å²) in [4.78, 5) is 19.1. The van der Waals surface area contributed by atoms with Gasteiger partial charge in [0, 0.05) is 49.4 Å². The minimum Gasteiger partial charge on any atom is -0.496 e. The third kappa shape index (κ3) is 5.89. The van der Waals surface area contributed by atoms with Crippen LogP contribution in [0, 0.1) is 24.7 Å². The van der Waals surface area contributed by atoms with Crippen molar-refractivity contribution in [2.75, 3.05) is 33.3 Å². The van der Waals surface area contributed by atoms with Gasteiger partial charge in [-0.05, 0) is 47.4 Å². The Morgan fingerprint density at radius 2 is 1.94 bits per heavy atom. The van der Waals surface area contributed by atoms with Gasteiger partial charge < -0.3 is 9.64 Å². The van der Waals surface area contributed by atoms with Crippen LogP contribution in [-0.2, 0) is 11.3 Å². The maximum Gasteiger partial charge on any atom is 0.225 e. The molecule has 0 spiro atoms. The topological polar surface area (TPSA) is 32.8 Å². The second-order valence-electron chi connectivity index (χ2n) is 9.62. The van der Waals surface area contributed by atoms with Gasteiger partial charge in [0.1, 0.15) is 5.75 Å². The molecular formula is C26H38N2O2S. The SMILES string of the molecule is COc1ccccc1C1CN(Cc2sccc2C)CC1CN(CC(C)C)C(=O)C(C)C. The molecule has 1 fully saturated rings. The van der Waals surface area contributed by atoms with E-state index in [9.17, 15) is 4.79 Å². The van der Waals surface area contributed by atoms with Gasteiger partial charge in [-0.3, -0.25) is 9.69 Å². The second-order valence-corrected chi connectivity index (χ2v) is 10.6. The molecule has 1 aromatic heterocycles. The number of carbonyl (C=O) groups excluding carboxylic acids is 1. The first-order valence-corrected chi connectivity index (χ1v) is 12.3.